The summed E-state index contributed by atoms with van der Waals surface area (Å²) < 4.78 is 0.779. The second-order valence-corrected chi connectivity index (χ2v) is 6.52. The smallest absolute Gasteiger partial charge is 0.252 e. The minimum atomic E-state index is -0.166. The van der Waals surface area contributed by atoms with Crippen LogP contribution in [-0.2, 0) is 0 Å². The van der Waals surface area contributed by atoms with Crippen molar-refractivity contribution in [2.24, 2.45) is 0 Å². The first-order chi connectivity index (χ1) is 9.88. The molecule has 0 spiro atoms. The van der Waals surface area contributed by atoms with Crippen molar-refractivity contribution >= 4 is 45.0 Å². The van der Waals surface area contributed by atoms with Crippen molar-refractivity contribution in [2.75, 3.05) is 0 Å². The van der Waals surface area contributed by atoms with Gasteiger partial charge in [0.05, 0.1) is 21.7 Å². The number of hydrogen-bond acceptors (Lipinski definition) is 1. The van der Waals surface area contributed by atoms with E-state index in [1.807, 2.05) is 32.0 Å². The molecule has 0 aliphatic heterocycles. The van der Waals surface area contributed by atoms with Crippen molar-refractivity contribution in [3.8, 4) is 0 Å². The van der Waals surface area contributed by atoms with E-state index in [4.69, 9.17) is 23.2 Å². The number of nitrogens with one attached hydrogen (secondary N) is 1. The maximum atomic E-state index is 12.3. The summed E-state index contributed by atoms with van der Waals surface area (Å²) >= 11 is 15.3. The third-order valence-corrected chi connectivity index (χ3v) is 4.56. The maximum Gasteiger partial charge on any atom is 0.252 e. The first-order valence-electron chi connectivity index (χ1n) is 6.40. The molecule has 1 amide bonds. The second kappa shape index (κ2) is 6.82. The summed E-state index contributed by atoms with van der Waals surface area (Å²) in [5, 5.41) is 3.93. The molecule has 0 fully saturated rings. The number of benzene rings is 2. The van der Waals surface area contributed by atoms with Gasteiger partial charge in [-0.2, -0.15) is 0 Å². The van der Waals surface area contributed by atoms with Crippen molar-refractivity contribution < 1.29 is 4.79 Å². The van der Waals surface area contributed by atoms with Crippen LogP contribution in [0.25, 0.3) is 0 Å². The van der Waals surface area contributed by atoms with Crippen molar-refractivity contribution in [1.29, 1.82) is 0 Å². The first kappa shape index (κ1) is 16.3. The normalized spacial score (nSPS) is 12.0. The van der Waals surface area contributed by atoms with Crippen molar-refractivity contribution in [1.82, 2.24) is 5.32 Å². The molecule has 0 aromatic heterocycles. The molecule has 2 rings (SSSR count). The first-order valence-corrected chi connectivity index (χ1v) is 7.95. The van der Waals surface area contributed by atoms with Gasteiger partial charge in [-0.25, -0.2) is 0 Å². The zero-order valence-electron chi connectivity index (χ0n) is 11.6. The number of hydrogen-bond donors (Lipinski definition) is 1. The van der Waals surface area contributed by atoms with Crippen LogP contribution in [0.5, 0.6) is 0 Å². The molecule has 1 unspecified atom stereocenters. The van der Waals surface area contributed by atoms with E-state index in [1.165, 1.54) is 0 Å². The predicted molar refractivity (Wildman–Crippen MR) is 91.2 cm³/mol. The van der Waals surface area contributed by atoms with Crippen LogP contribution in [0.15, 0.2) is 40.9 Å². The SMILES string of the molecule is Cc1ccc(C(=O)NC(C)c2ccc(Cl)c(Cl)c2)c(Br)c1. The highest BCUT2D eigenvalue weighted by Gasteiger charge is 2.14. The molecule has 2 nitrogen and oxygen atoms in total. The predicted octanol–water partition coefficient (Wildman–Crippen LogP) is 5.56. The van der Waals surface area contributed by atoms with Crippen molar-refractivity contribution in [3.63, 3.8) is 0 Å². The minimum absolute atomic E-state index is 0.138. The fourth-order valence-corrected chi connectivity index (χ4v) is 2.92. The van der Waals surface area contributed by atoms with Gasteiger partial charge in [-0.05, 0) is 65.2 Å². The molecule has 5 heteroatoms. The Bertz CT molecular complexity index is 688. The number of aryl methyl sites for hydroxylation is 1. The molecule has 0 radical (unpaired) electrons. The van der Waals surface area contributed by atoms with Gasteiger partial charge >= 0.3 is 0 Å². The number of rotatable bonds is 3. The van der Waals surface area contributed by atoms with Crippen LogP contribution in [0.3, 0.4) is 0 Å². The monoisotopic (exact) mass is 385 g/mol. The summed E-state index contributed by atoms with van der Waals surface area (Å²) in [6.07, 6.45) is 0. The van der Waals surface area contributed by atoms with E-state index in [0.29, 0.717) is 15.6 Å². The number of carbonyl (C=O) groups is 1. The van der Waals surface area contributed by atoms with Crippen LogP contribution in [0, 0.1) is 6.92 Å². The molecule has 0 saturated heterocycles. The fourth-order valence-electron chi connectivity index (χ4n) is 1.94. The van der Waals surface area contributed by atoms with E-state index in [0.717, 1.165) is 15.6 Å². The lowest BCUT2D eigenvalue weighted by molar-refractivity contribution is 0.0939. The van der Waals surface area contributed by atoms with Crippen LogP contribution in [0.1, 0.15) is 34.5 Å². The zero-order valence-corrected chi connectivity index (χ0v) is 14.7. The minimum Gasteiger partial charge on any atom is -0.345 e. The van der Waals surface area contributed by atoms with E-state index in [1.54, 1.807) is 18.2 Å². The topological polar surface area (TPSA) is 29.1 Å². The average Bonchev–Trinajstić information content (AvgIpc) is 2.41. The van der Waals surface area contributed by atoms with E-state index in [9.17, 15) is 4.79 Å². The van der Waals surface area contributed by atoms with Gasteiger partial charge in [0.25, 0.3) is 5.91 Å². The second-order valence-electron chi connectivity index (χ2n) is 4.85. The molecule has 110 valence electrons. The van der Waals surface area contributed by atoms with E-state index < -0.39 is 0 Å². The van der Waals surface area contributed by atoms with Crippen LogP contribution in [0.2, 0.25) is 10.0 Å². The molecule has 21 heavy (non-hydrogen) atoms. The summed E-state index contributed by atoms with van der Waals surface area (Å²) in [5.41, 5.74) is 2.60. The van der Waals surface area contributed by atoms with Gasteiger partial charge in [-0.15, -0.1) is 0 Å². The quantitative estimate of drug-likeness (QED) is 0.735. The molecule has 1 N–H and O–H groups in total. The van der Waals surface area contributed by atoms with Crippen molar-refractivity contribution in [2.45, 2.75) is 19.9 Å². The van der Waals surface area contributed by atoms with Gasteiger partial charge in [0.2, 0.25) is 0 Å². The number of carbonyl (C=O) groups excluding carboxylic acids is 1. The molecular weight excluding hydrogens is 373 g/mol. The van der Waals surface area contributed by atoms with E-state index >= 15 is 0 Å². The Labute approximate surface area is 142 Å². The summed E-state index contributed by atoms with van der Waals surface area (Å²) in [5.74, 6) is -0.138. The lowest BCUT2D eigenvalue weighted by atomic mass is 10.1. The molecule has 2 aromatic carbocycles. The van der Waals surface area contributed by atoms with Crippen LogP contribution in [-0.4, -0.2) is 5.91 Å². The summed E-state index contributed by atoms with van der Waals surface area (Å²) in [6, 6.07) is 10.8. The van der Waals surface area contributed by atoms with Crippen LogP contribution in [0.4, 0.5) is 0 Å². The lowest BCUT2D eigenvalue weighted by Gasteiger charge is -2.16. The van der Waals surface area contributed by atoms with Crippen molar-refractivity contribution in [3.05, 3.63) is 67.6 Å². The summed E-state index contributed by atoms with van der Waals surface area (Å²) in [6.45, 7) is 3.88. The zero-order chi connectivity index (χ0) is 15.6. The third kappa shape index (κ3) is 4.00. The molecule has 0 bridgehead atoms. The maximum absolute atomic E-state index is 12.3. The molecule has 0 saturated carbocycles. The van der Waals surface area contributed by atoms with Gasteiger partial charge < -0.3 is 5.32 Å². The van der Waals surface area contributed by atoms with Crippen LogP contribution >= 0.6 is 39.1 Å². The van der Waals surface area contributed by atoms with Gasteiger partial charge in [0.1, 0.15) is 0 Å². The van der Waals surface area contributed by atoms with E-state index in [-0.39, 0.29) is 11.9 Å². The average molecular weight is 387 g/mol. The standard InChI is InChI=1S/C16H14BrCl2NO/c1-9-3-5-12(13(17)7-9)16(21)20-10(2)11-4-6-14(18)15(19)8-11/h3-8,10H,1-2H3,(H,20,21). The van der Waals surface area contributed by atoms with Gasteiger partial charge in [-0.1, -0.05) is 35.3 Å². The Balaban J connectivity index is 2.16. The molecule has 0 heterocycles. The highest BCUT2D eigenvalue weighted by atomic mass is 79.9. The van der Waals surface area contributed by atoms with Crippen LogP contribution < -0.4 is 5.32 Å². The fraction of sp³-hybridized carbons (Fsp3) is 0.188. The van der Waals surface area contributed by atoms with Gasteiger partial charge in [-0.3, -0.25) is 4.79 Å². The molecule has 1 atom stereocenters. The summed E-state index contributed by atoms with van der Waals surface area (Å²) in [7, 11) is 0. The molecule has 2 aromatic rings. The molecule has 0 aliphatic carbocycles. The number of halogens is 3. The number of amides is 1. The third-order valence-electron chi connectivity index (χ3n) is 3.16. The Kier molecular flexibility index (Phi) is 5.31. The Morgan fingerprint density at radius 3 is 2.48 bits per heavy atom. The Hall–Kier alpha value is -1.03. The lowest BCUT2D eigenvalue weighted by Crippen LogP contribution is -2.27. The Morgan fingerprint density at radius 2 is 1.86 bits per heavy atom. The highest BCUT2D eigenvalue weighted by molar-refractivity contribution is 9.10. The van der Waals surface area contributed by atoms with Gasteiger partial charge in [0.15, 0.2) is 0 Å². The molecular formula is C16H14BrCl2NO. The highest BCUT2D eigenvalue weighted by Crippen LogP contribution is 2.26. The molecule has 0 aliphatic rings. The van der Waals surface area contributed by atoms with Gasteiger partial charge in [0, 0.05) is 4.47 Å². The Morgan fingerprint density at radius 1 is 1.14 bits per heavy atom. The summed E-state index contributed by atoms with van der Waals surface area (Å²) in [4.78, 5) is 12.3. The van der Waals surface area contributed by atoms with E-state index in [2.05, 4.69) is 21.2 Å². The largest absolute Gasteiger partial charge is 0.345 e.